The quantitative estimate of drug-likeness (QED) is 0.786. The van der Waals surface area contributed by atoms with Gasteiger partial charge in [-0.25, -0.2) is 4.68 Å². The van der Waals surface area contributed by atoms with Crippen LogP contribution >= 0.6 is 0 Å². The Morgan fingerprint density at radius 1 is 1.05 bits per heavy atom. The van der Waals surface area contributed by atoms with E-state index in [1.807, 2.05) is 36.4 Å². The minimum absolute atomic E-state index is 0.255. The second kappa shape index (κ2) is 5.58. The number of para-hydroxylation sites is 1. The van der Waals surface area contributed by atoms with E-state index in [4.69, 9.17) is 4.74 Å². The molecule has 0 aliphatic carbocycles. The number of aromatic nitrogens is 5. The summed E-state index contributed by atoms with van der Waals surface area (Å²) in [5.74, 6) is 0.935. The molecule has 0 saturated heterocycles. The third-order valence-corrected chi connectivity index (χ3v) is 2.89. The van der Waals surface area contributed by atoms with Gasteiger partial charge in [0.2, 0.25) is 5.95 Å². The fraction of sp³-hybridized carbons (Fsp3) is 0.143. The van der Waals surface area contributed by atoms with Crippen LogP contribution in [0.25, 0.3) is 17.2 Å². The molecule has 0 aliphatic rings. The normalized spacial score (nSPS) is 10.4. The van der Waals surface area contributed by atoms with E-state index < -0.39 is 0 Å². The van der Waals surface area contributed by atoms with Crippen molar-refractivity contribution >= 4 is 5.95 Å². The zero-order chi connectivity index (χ0) is 14.7. The maximum Gasteiger partial charge on any atom is 0.321 e. The Labute approximate surface area is 121 Å². The highest BCUT2D eigenvalue weighted by Crippen LogP contribution is 2.21. The molecule has 0 aliphatic heterocycles. The van der Waals surface area contributed by atoms with E-state index in [1.165, 1.54) is 7.11 Å². The summed E-state index contributed by atoms with van der Waals surface area (Å²) in [7, 11) is 3.26. The molecule has 0 spiro atoms. The molecule has 3 rings (SSSR count). The van der Waals surface area contributed by atoms with Gasteiger partial charge in [0, 0.05) is 7.05 Å². The SMILES string of the molecule is CNc1nc(OC)nc(-c2ccnn2-c2ccccc2)n1. The predicted molar refractivity (Wildman–Crippen MR) is 78.5 cm³/mol. The molecule has 0 bridgehead atoms. The Morgan fingerprint density at radius 2 is 1.86 bits per heavy atom. The zero-order valence-corrected chi connectivity index (χ0v) is 11.7. The Hall–Kier alpha value is -2.96. The number of methoxy groups -OCH3 is 1. The van der Waals surface area contributed by atoms with E-state index >= 15 is 0 Å². The van der Waals surface area contributed by atoms with Crippen molar-refractivity contribution < 1.29 is 4.74 Å². The van der Waals surface area contributed by atoms with Gasteiger partial charge in [0.15, 0.2) is 5.82 Å². The lowest BCUT2D eigenvalue weighted by Crippen LogP contribution is -2.06. The van der Waals surface area contributed by atoms with Gasteiger partial charge in [0.05, 0.1) is 19.0 Å². The van der Waals surface area contributed by atoms with Crippen molar-refractivity contribution in [3.05, 3.63) is 42.6 Å². The van der Waals surface area contributed by atoms with E-state index in [0.29, 0.717) is 11.8 Å². The molecule has 7 nitrogen and oxygen atoms in total. The van der Waals surface area contributed by atoms with Crippen LogP contribution in [0.1, 0.15) is 0 Å². The maximum atomic E-state index is 5.11. The fourth-order valence-corrected chi connectivity index (χ4v) is 1.92. The van der Waals surface area contributed by atoms with E-state index in [1.54, 1.807) is 17.9 Å². The molecule has 0 amide bonds. The monoisotopic (exact) mass is 282 g/mol. The molecule has 1 N–H and O–H groups in total. The van der Waals surface area contributed by atoms with Gasteiger partial charge in [-0.05, 0) is 18.2 Å². The topological polar surface area (TPSA) is 77.8 Å². The van der Waals surface area contributed by atoms with Gasteiger partial charge in [-0.2, -0.15) is 20.1 Å². The summed E-state index contributed by atoms with van der Waals surface area (Å²) in [6.45, 7) is 0. The summed E-state index contributed by atoms with van der Waals surface area (Å²) in [6, 6.07) is 11.9. The van der Waals surface area contributed by atoms with E-state index in [0.717, 1.165) is 11.4 Å². The van der Waals surface area contributed by atoms with Crippen molar-refractivity contribution in [1.29, 1.82) is 0 Å². The second-order valence-corrected chi connectivity index (χ2v) is 4.18. The first-order chi connectivity index (χ1) is 10.3. The van der Waals surface area contributed by atoms with Gasteiger partial charge in [-0.15, -0.1) is 0 Å². The summed E-state index contributed by atoms with van der Waals surface area (Å²) in [6.07, 6.45) is 1.71. The predicted octanol–water partition coefficient (Wildman–Crippen LogP) is 1.77. The molecule has 0 radical (unpaired) electrons. The van der Waals surface area contributed by atoms with Gasteiger partial charge < -0.3 is 10.1 Å². The van der Waals surface area contributed by atoms with E-state index in [2.05, 4.69) is 25.4 Å². The molecule has 0 saturated carbocycles. The minimum Gasteiger partial charge on any atom is -0.467 e. The highest BCUT2D eigenvalue weighted by Gasteiger charge is 2.13. The molecule has 2 aromatic heterocycles. The lowest BCUT2D eigenvalue weighted by molar-refractivity contribution is 0.379. The highest BCUT2D eigenvalue weighted by molar-refractivity contribution is 5.55. The number of hydrogen-bond acceptors (Lipinski definition) is 6. The molecule has 7 heteroatoms. The molecule has 106 valence electrons. The molecule has 0 atom stereocenters. The first-order valence-electron chi connectivity index (χ1n) is 6.39. The van der Waals surface area contributed by atoms with Gasteiger partial charge >= 0.3 is 6.01 Å². The van der Waals surface area contributed by atoms with Crippen molar-refractivity contribution in [1.82, 2.24) is 24.7 Å². The Bertz CT molecular complexity index is 718. The first kappa shape index (κ1) is 13.0. The lowest BCUT2D eigenvalue weighted by atomic mass is 10.3. The van der Waals surface area contributed by atoms with Crippen molar-refractivity contribution in [3.63, 3.8) is 0 Å². The Balaban J connectivity index is 2.12. The van der Waals surface area contributed by atoms with Crippen molar-refractivity contribution in [2.75, 3.05) is 19.5 Å². The summed E-state index contributed by atoms with van der Waals surface area (Å²) in [5, 5.41) is 7.22. The highest BCUT2D eigenvalue weighted by atomic mass is 16.5. The number of anilines is 1. The van der Waals surface area contributed by atoms with Gasteiger partial charge in [0.1, 0.15) is 5.69 Å². The van der Waals surface area contributed by atoms with Crippen LogP contribution in [0, 0.1) is 0 Å². The number of benzene rings is 1. The molecule has 21 heavy (non-hydrogen) atoms. The lowest BCUT2D eigenvalue weighted by Gasteiger charge is -2.08. The largest absolute Gasteiger partial charge is 0.467 e. The summed E-state index contributed by atoms with van der Waals surface area (Å²) >= 11 is 0. The van der Waals surface area contributed by atoms with Crippen LogP contribution in [0.2, 0.25) is 0 Å². The molecule has 0 unspecified atom stereocenters. The molecular formula is C14H14N6O. The number of nitrogens with one attached hydrogen (secondary N) is 1. The standard InChI is InChI=1S/C14H14N6O/c1-15-13-17-12(18-14(19-13)21-2)11-8-9-16-20(11)10-6-4-3-5-7-10/h3-9H,1-2H3,(H,15,17,18,19). The van der Waals surface area contributed by atoms with Gasteiger partial charge in [-0.3, -0.25) is 0 Å². The second-order valence-electron chi connectivity index (χ2n) is 4.18. The molecule has 1 aromatic carbocycles. The summed E-state index contributed by atoms with van der Waals surface area (Å²) in [5.41, 5.74) is 1.70. The van der Waals surface area contributed by atoms with Crippen molar-refractivity contribution in [2.24, 2.45) is 0 Å². The van der Waals surface area contributed by atoms with Gasteiger partial charge in [-0.1, -0.05) is 18.2 Å². The number of ether oxygens (including phenoxy) is 1. The van der Waals surface area contributed by atoms with E-state index in [-0.39, 0.29) is 6.01 Å². The summed E-state index contributed by atoms with van der Waals surface area (Å²) < 4.78 is 6.88. The van der Waals surface area contributed by atoms with Crippen LogP contribution in [0.4, 0.5) is 5.95 Å². The maximum absolute atomic E-state index is 5.11. The van der Waals surface area contributed by atoms with Crippen LogP contribution in [-0.4, -0.2) is 38.9 Å². The van der Waals surface area contributed by atoms with Gasteiger partial charge in [0.25, 0.3) is 0 Å². The van der Waals surface area contributed by atoms with E-state index in [9.17, 15) is 0 Å². The molecule has 0 fully saturated rings. The number of rotatable bonds is 4. The van der Waals surface area contributed by atoms with Crippen LogP contribution in [0.5, 0.6) is 6.01 Å². The molecule has 3 aromatic rings. The smallest absolute Gasteiger partial charge is 0.321 e. The average Bonchev–Trinajstić information content (AvgIpc) is 3.04. The summed E-state index contributed by atoms with van der Waals surface area (Å²) in [4.78, 5) is 12.7. The van der Waals surface area contributed by atoms with Crippen LogP contribution in [0.15, 0.2) is 42.6 Å². The van der Waals surface area contributed by atoms with Crippen LogP contribution in [0.3, 0.4) is 0 Å². The van der Waals surface area contributed by atoms with Crippen LogP contribution < -0.4 is 10.1 Å². The zero-order valence-electron chi connectivity index (χ0n) is 11.7. The van der Waals surface area contributed by atoms with Crippen LogP contribution in [-0.2, 0) is 0 Å². The molecular weight excluding hydrogens is 268 g/mol. The molecule has 2 heterocycles. The van der Waals surface area contributed by atoms with Crippen molar-refractivity contribution in [3.8, 4) is 23.2 Å². The Kier molecular flexibility index (Phi) is 3.46. The number of nitrogens with zero attached hydrogens (tertiary/aromatic N) is 5. The Morgan fingerprint density at radius 3 is 2.57 bits per heavy atom. The fourth-order valence-electron chi connectivity index (χ4n) is 1.92. The van der Waals surface area contributed by atoms with Crippen molar-refractivity contribution in [2.45, 2.75) is 0 Å². The average molecular weight is 282 g/mol. The first-order valence-corrected chi connectivity index (χ1v) is 6.39. The third kappa shape index (κ3) is 2.53. The third-order valence-electron chi connectivity index (χ3n) is 2.89. The number of hydrogen-bond donors (Lipinski definition) is 1. The minimum atomic E-state index is 0.255.